The summed E-state index contributed by atoms with van der Waals surface area (Å²) in [5.74, 6) is 0. The lowest BCUT2D eigenvalue weighted by Crippen LogP contribution is -2.27. The lowest BCUT2D eigenvalue weighted by molar-refractivity contribution is 0.254. The van der Waals surface area contributed by atoms with E-state index in [4.69, 9.17) is 0 Å². The molecule has 0 heterocycles. The maximum atomic E-state index is 2.85. The lowest BCUT2D eigenvalue weighted by atomic mass is 10.0. The van der Waals surface area contributed by atoms with Gasteiger partial charge in [-0.1, -0.05) is 245 Å². The average molecular weight is 634 g/mol. The average Bonchev–Trinajstić information content (AvgIpc) is 3.05. The van der Waals surface area contributed by atoms with Gasteiger partial charge in [-0.15, -0.1) is 0 Å². The van der Waals surface area contributed by atoms with Crippen LogP contribution in [-0.2, 0) is 0 Å². The maximum absolute atomic E-state index is 2.85. The van der Waals surface area contributed by atoms with Gasteiger partial charge in [-0.3, -0.25) is 0 Å². The van der Waals surface area contributed by atoms with E-state index in [0.29, 0.717) is 0 Å². The van der Waals surface area contributed by atoms with E-state index in [1.807, 2.05) is 0 Å². The number of unbranched alkanes of at least 4 members (excludes halogenated alkanes) is 35. The number of rotatable bonds is 41. The predicted molar refractivity (Wildman–Crippen MR) is 209 cm³/mol. The summed E-state index contributed by atoms with van der Waals surface area (Å²) in [7, 11) is 0. The Balaban J connectivity index is 3.72. The number of hydrogen-bond acceptors (Lipinski definition) is 1. The summed E-state index contributed by atoms with van der Waals surface area (Å²) in [5.41, 5.74) is 0. The summed E-state index contributed by atoms with van der Waals surface area (Å²) in [5, 5.41) is 0. The zero-order valence-electron chi connectivity index (χ0n) is 32.4. The molecule has 0 radical (unpaired) electrons. The summed E-state index contributed by atoms with van der Waals surface area (Å²) in [6.45, 7) is 11.1. The Hall–Kier alpha value is -0.0400. The molecule has 0 aliphatic rings. The largest absolute Gasteiger partial charge is 0.303 e. The van der Waals surface area contributed by atoms with Gasteiger partial charge in [0.1, 0.15) is 0 Å². The molecule has 0 aliphatic carbocycles. The molecule has 0 atom stereocenters. The van der Waals surface area contributed by atoms with Gasteiger partial charge in [-0.2, -0.15) is 0 Å². The molecule has 272 valence electrons. The van der Waals surface area contributed by atoms with E-state index in [0.717, 1.165) is 0 Å². The van der Waals surface area contributed by atoms with Gasteiger partial charge in [-0.05, 0) is 38.9 Å². The van der Waals surface area contributed by atoms with E-state index >= 15 is 0 Å². The SMILES string of the molecule is CCCCCCCCCCCCCCCCCCN(CCCCCCCC)CCCCCCCCCCCCCCCCCC. The lowest BCUT2D eigenvalue weighted by Gasteiger charge is -2.22. The van der Waals surface area contributed by atoms with Gasteiger partial charge in [0, 0.05) is 0 Å². The Morgan fingerprint density at radius 3 is 0.467 bits per heavy atom. The topological polar surface area (TPSA) is 3.24 Å². The molecule has 0 unspecified atom stereocenters. The van der Waals surface area contributed by atoms with E-state index in [1.54, 1.807) is 0 Å². The van der Waals surface area contributed by atoms with Crippen molar-refractivity contribution in [2.45, 2.75) is 265 Å². The first kappa shape index (κ1) is 45.0. The molecule has 0 amide bonds. The first-order chi connectivity index (χ1) is 22.3. The summed E-state index contributed by atoms with van der Waals surface area (Å²) in [4.78, 5) is 2.85. The Morgan fingerprint density at radius 1 is 0.178 bits per heavy atom. The smallest absolute Gasteiger partial charge is 0.00187 e. The van der Waals surface area contributed by atoms with Crippen molar-refractivity contribution >= 4 is 0 Å². The Kier molecular flexibility index (Phi) is 41.9. The Bertz CT molecular complexity index is 451. The van der Waals surface area contributed by atoms with Crippen LogP contribution in [0.4, 0.5) is 0 Å². The molecule has 0 aromatic carbocycles. The Labute approximate surface area is 288 Å². The number of hydrogen-bond donors (Lipinski definition) is 0. The monoisotopic (exact) mass is 634 g/mol. The minimum Gasteiger partial charge on any atom is -0.303 e. The predicted octanol–water partition coefficient (Wildman–Crippen LogP) is 16.2. The van der Waals surface area contributed by atoms with Crippen LogP contribution >= 0.6 is 0 Å². The molecule has 0 N–H and O–H groups in total. The maximum Gasteiger partial charge on any atom is -0.00187 e. The molecule has 1 heteroatoms. The van der Waals surface area contributed by atoms with E-state index < -0.39 is 0 Å². The van der Waals surface area contributed by atoms with Crippen LogP contribution in [-0.4, -0.2) is 24.5 Å². The Morgan fingerprint density at radius 2 is 0.311 bits per heavy atom. The summed E-state index contributed by atoms with van der Waals surface area (Å²) in [6.07, 6.45) is 55.6. The molecule has 1 nitrogen and oxygen atoms in total. The van der Waals surface area contributed by atoms with Crippen molar-refractivity contribution < 1.29 is 0 Å². The first-order valence-electron chi connectivity index (χ1n) is 22.1. The van der Waals surface area contributed by atoms with Crippen LogP contribution in [0.3, 0.4) is 0 Å². The highest BCUT2D eigenvalue weighted by Gasteiger charge is 2.05. The van der Waals surface area contributed by atoms with Crippen LogP contribution in [0.15, 0.2) is 0 Å². The van der Waals surface area contributed by atoms with Crippen molar-refractivity contribution in [1.29, 1.82) is 0 Å². The molecule has 0 saturated carbocycles. The molecule has 0 fully saturated rings. The minimum absolute atomic E-state index is 1.36. The third-order valence-corrected chi connectivity index (χ3v) is 10.5. The molecular weight excluding hydrogens is 542 g/mol. The fourth-order valence-electron chi connectivity index (χ4n) is 7.22. The highest BCUT2D eigenvalue weighted by molar-refractivity contribution is 4.61. The zero-order chi connectivity index (χ0) is 32.6. The second-order valence-electron chi connectivity index (χ2n) is 15.2. The van der Waals surface area contributed by atoms with Crippen LogP contribution < -0.4 is 0 Å². The van der Waals surface area contributed by atoms with Gasteiger partial charge in [-0.25, -0.2) is 0 Å². The molecule has 0 bridgehead atoms. The fourth-order valence-corrected chi connectivity index (χ4v) is 7.22. The van der Waals surface area contributed by atoms with Crippen molar-refractivity contribution in [3.05, 3.63) is 0 Å². The summed E-state index contributed by atoms with van der Waals surface area (Å²) in [6, 6.07) is 0. The van der Waals surface area contributed by atoms with Gasteiger partial charge in [0.15, 0.2) is 0 Å². The normalized spacial score (nSPS) is 11.7. The molecule has 0 aliphatic heterocycles. The molecule has 0 saturated heterocycles. The quantitative estimate of drug-likeness (QED) is 0.0605. The highest BCUT2D eigenvalue weighted by Crippen LogP contribution is 2.16. The van der Waals surface area contributed by atoms with E-state index in [9.17, 15) is 0 Å². The van der Waals surface area contributed by atoms with Crippen molar-refractivity contribution in [3.8, 4) is 0 Å². The van der Waals surface area contributed by atoms with E-state index in [2.05, 4.69) is 25.7 Å². The molecule has 0 aromatic heterocycles. The van der Waals surface area contributed by atoms with Gasteiger partial charge < -0.3 is 4.90 Å². The van der Waals surface area contributed by atoms with Crippen molar-refractivity contribution in [2.24, 2.45) is 0 Å². The second-order valence-corrected chi connectivity index (χ2v) is 15.2. The molecular formula is C44H91N. The van der Waals surface area contributed by atoms with Gasteiger partial charge >= 0.3 is 0 Å². The fraction of sp³-hybridized carbons (Fsp3) is 1.00. The second kappa shape index (κ2) is 42.0. The van der Waals surface area contributed by atoms with E-state index in [-0.39, 0.29) is 0 Å². The zero-order valence-corrected chi connectivity index (χ0v) is 32.4. The van der Waals surface area contributed by atoms with Crippen molar-refractivity contribution in [1.82, 2.24) is 4.90 Å². The standard InChI is InChI=1S/C44H91N/c1-4-7-10-13-16-18-20-22-24-26-28-30-32-34-37-40-43-45(42-39-36-15-12-9-6-3)44-41-38-35-33-31-29-27-25-23-21-19-17-14-11-8-5-2/h4-44H2,1-3H3. The van der Waals surface area contributed by atoms with Crippen LogP contribution in [0.1, 0.15) is 265 Å². The number of nitrogens with zero attached hydrogens (tertiary/aromatic N) is 1. The molecule has 0 rings (SSSR count). The first-order valence-corrected chi connectivity index (χ1v) is 22.1. The third kappa shape index (κ3) is 40.1. The van der Waals surface area contributed by atoms with Gasteiger partial charge in [0.05, 0.1) is 0 Å². The summed E-state index contributed by atoms with van der Waals surface area (Å²) >= 11 is 0. The van der Waals surface area contributed by atoms with Crippen molar-refractivity contribution in [3.63, 3.8) is 0 Å². The summed E-state index contributed by atoms with van der Waals surface area (Å²) < 4.78 is 0. The van der Waals surface area contributed by atoms with Crippen LogP contribution in [0.25, 0.3) is 0 Å². The van der Waals surface area contributed by atoms with Crippen LogP contribution in [0.2, 0.25) is 0 Å². The minimum atomic E-state index is 1.36. The highest BCUT2D eigenvalue weighted by atomic mass is 15.1. The van der Waals surface area contributed by atoms with Crippen LogP contribution in [0, 0.1) is 0 Å². The third-order valence-electron chi connectivity index (χ3n) is 10.5. The molecule has 0 aromatic rings. The van der Waals surface area contributed by atoms with E-state index in [1.165, 1.54) is 264 Å². The van der Waals surface area contributed by atoms with Gasteiger partial charge in [0.25, 0.3) is 0 Å². The van der Waals surface area contributed by atoms with Gasteiger partial charge in [0.2, 0.25) is 0 Å². The molecule has 0 spiro atoms. The van der Waals surface area contributed by atoms with Crippen LogP contribution in [0.5, 0.6) is 0 Å². The molecule has 45 heavy (non-hydrogen) atoms. The van der Waals surface area contributed by atoms with Crippen molar-refractivity contribution in [2.75, 3.05) is 19.6 Å².